The number of nitrogens with one attached hydrogen (secondary N) is 1. The van der Waals surface area contributed by atoms with Gasteiger partial charge in [-0.1, -0.05) is 35.9 Å². The number of aromatic nitrogens is 3. The van der Waals surface area contributed by atoms with Gasteiger partial charge in [0.25, 0.3) is 0 Å². The molecule has 0 bridgehead atoms. The number of aryl methyl sites for hydroxylation is 2. The minimum atomic E-state index is 0.873. The topological polar surface area (TPSA) is 61.1 Å². The third kappa shape index (κ3) is 4.97. The average Bonchev–Trinajstić information content (AvgIpc) is 3.18. The van der Waals surface area contributed by atoms with Crippen LogP contribution in [0.25, 0.3) is 5.65 Å². The van der Waals surface area contributed by atoms with E-state index in [1.807, 2.05) is 31.4 Å². The van der Waals surface area contributed by atoms with Crippen LogP contribution in [0.5, 0.6) is 0 Å². The molecule has 30 heavy (non-hydrogen) atoms. The molecule has 3 heterocycles. The van der Waals surface area contributed by atoms with Crippen LogP contribution in [0, 0.1) is 6.92 Å². The molecule has 3 aromatic rings. The van der Waals surface area contributed by atoms with E-state index in [-0.39, 0.29) is 0 Å². The van der Waals surface area contributed by atoms with Crippen LogP contribution in [0.15, 0.2) is 53.7 Å². The highest BCUT2D eigenvalue weighted by molar-refractivity contribution is 5.79. The van der Waals surface area contributed by atoms with Crippen molar-refractivity contribution in [2.24, 2.45) is 4.99 Å². The monoisotopic (exact) mass is 405 g/mol. The molecule has 1 saturated heterocycles. The summed E-state index contributed by atoms with van der Waals surface area (Å²) in [5, 5.41) is 12.1. The summed E-state index contributed by atoms with van der Waals surface area (Å²) in [5.41, 5.74) is 3.63. The normalized spacial score (nSPS) is 15.7. The first-order chi connectivity index (χ1) is 14.7. The van der Waals surface area contributed by atoms with Crippen molar-refractivity contribution in [2.75, 3.05) is 39.8 Å². The summed E-state index contributed by atoms with van der Waals surface area (Å²) < 4.78 is 2.06. The molecule has 7 nitrogen and oxygen atoms in total. The quantitative estimate of drug-likeness (QED) is 0.388. The van der Waals surface area contributed by atoms with Crippen molar-refractivity contribution in [1.29, 1.82) is 0 Å². The van der Waals surface area contributed by atoms with Crippen LogP contribution in [-0.2, 0) is 13.0 Å². The van der Waals surface area contributed by atoms with Gasteiger partial charge in [0, 0.05) is 58.9 Å². The number of nitrogens with zero attached hydrogens (tertiary/aromatic N) is 6. The summed E-state index contributed by atoms with van der Waals surface area (Å²) in [6, 6.07) is 14.8. The zero-order valence-corrected chi connectivity index (χ0v) is 18.0. The first kappa shape index (κ1) is 20.3. The molecule has 0 spiro atoms. The van der Waals surface area contributed by atoms with E-state index in [1.54, 1.807) is 0 Å². The molecule has 1 N–H and O–H groups in total. The van der Waals surface area contributed by atoms with E-state index in [0.29, 0.717) is 0 Å². The van der Waals surface area contributed by atoms with Gasteiger partial charge in [0.1, 0.15) is 5.82 Å². The number of pyridine rings is 1. The minimum Gasteiger partial charge on any atom is -0.356 e. The minimum absolute atomic E-state index is 0.873. The van der Waals surface area contributed by atoms with Gasteiger partial charge in [0.05, 0.1) is 0 Å². The SMILES string of the molecule is CN=C(NCCCc1nnc2ccccn12)N1CCN(Cc2cccc(C)c2)CC1. The van der Waals surface area contributed by atoms with E-state index in [4.69, 9.17) is 0 Å². The molecule has 1 aromatic carbocycles. The lowest BCUT2D eigenvalue weighted by Gasteiger charge is -2.36. The van der Waals surface area contributed by atoms with E-state index >= 15 is 0 Å². The maximum atomic E-state index is 4.50. The molecule has 0 amide bonds. The van der Waals surface area contributed by atoms with Gasteiger partial charge < -0.3 is 10.2 Å². The Bertz CT molecular complexity index is 986. The highest BCUT2D eigenvalue weighted by atomic mass is 15.3. The number of guanidine groups is 1. The van der Waals surface area contributed by atoms with Crippen molar-refractivity contribution < 1.29 is 0 Å². The van der Waals surface area contributed by atoms with Gasteiger partial charge in [-0.15, -0.1) is 10.2 Å². The van der Waals surface area contributed by atoms with Crippen LogP contribution in [0.2, 0.25) is 0 Å². The fraction of sp³-hybridized carbons (Fsp3) is 0.435. The predicted molar refractivity (Wildman–Crippen MR) is 121 cm³/mol. The standard InChI is InChI=1S/C23H31N7/c1-19-7-5-8-20(17-19)18-28-13-15-29(16-14-28)23(24-2)25-11-6-10-22-27-26-21-9-3-4-12-30(21)22/h3-5,7-9,12,17H,6,10-11,13-16,18H2,1-2H3,(H,24,25). The average molecular weight is 406 g/mol. The third-order valence-corrected chi connectivity index (χ3v) is 5.62. The molecule has 1 aliphatic heterocycles. The highest BCUT2D eigenvalue weighted by Gasteiger charge is 2.19. The molecular formula is C23H31N7. The number of rotatable bonds is 6. The highest BCUT2D eigenvalue weighted by Crippen LogP contribution is 2.11. The smallest absolute Gasteiger partial charge is 0.193 e. The Morgan fingerprint density at radius 2 is 1.93 bits per heavy atom. The number of hydrogen-bond acceptors (Lipinski definition) is 4. The molecule has 158 valence electrons. The second-order valence-electron chi connectivity index (χ2n) is 7.87. The van der Waals surface area contributed by atoms with Crippen LogP contribution in [0.4, 0.5) is 0 Å². The number of aliphatic imine (C=N–C) groups is 1. The molecule has 0 atom stereocenters. The Kier molecular flexibility index (Phi) is 6.59. The van der Waals surface area contributed by atoms with Crippen molar-refractivity contribution in [2.45, 2.75) is 26.3 Å². The van der Waals surface area contributed by atoms with Crippen LogP contribution < -0.4 is 5.32 Å². The lowest BCUT2D eigenvalue weighted by Crippen LogP contribution is -2.52. The summed E-state index contributed by atoms with van der Waals surface area (Å²) in [6.45, 7) is 8.16. The Morgan fingerprint density at radius 1 is 1.07 bits per heavy atom. The van der Waals surface area contributed by atoms with E-state index in [9.17, 15) is 0 Å². The van der Waals surface area contributed by atoms with Crippen molar-refractivity contribution in [1.82, 2.24) is 29.7 Å². The van der Waals surface area contributed by atoms with Crippen LogP contribution in [0.3, 0.4) is 0 Å². The summed E-state index contributed by atoms with van der Waals surface area (Å²) in [4.78, 5) is 9.38. The third-order valence-electron chi connectivity index (χ3n) is 5.62. The van der Waals surface area contributed by atoms with Gasteiger partial charge in [0.2, 0.25) is 0 Å². The largest absolute Gasteiger partial charge is 0.356 e. The molecule has 2 aromatic heterocycles. The second-order valence-corrected chi connectivity index (χ2v) is 7.87. The van der Waals surface area contributed by atoms with E-state index in [2.05, 4.69) is 65.9 Å². The molecule has 1 aliphatic rings. The molecule has 1 fully saturated rings. The molecule has 0 aliphatic carbocycles. The number of fused-ring (bicyclic) bond motifs is 1. The maximum Gasteiger partial charge on any atom is 0.193 e. The molecule has 4 rings (SSSR count). The maximum absolute atomic E-state index is 4.50. The molecule has 0 radical (unpaired) electrons. The lowest BCUT2D eigenvalue weighted by atomic mass is 10.1. The fourth-order valence-electron chi connectivity index (χ4n) is 4.03. The predicted octanol–water partition coefficient (Wildman–Crippen LogP) is 2.36. The first-order valence-electron chi connectivity index (χ1n) is 10.7. The Labute approximate surface area is 178 Å². The summed E-state index contributed by atoms with van der Waals surface area (Å²) >= 11 is 0. The summed E-state index contributed by atoms with van der Waals surface area (Å²) in [5.74, 6) is 2.00. The summed E-state index contributed by atoms with van der Waals surface area (Å²) in [6.07, 6.45) is 3.90. The number of piperazine rings is 1. The molecule has 0 saturated carbocycles. The van der Waals surface area contributed by atoms with Gasteiger partial charge in [-0.25, -0.2) is 0 Å². The van der Waals surface area contributed by atoms with Gasteiger partial charge in [0.15, 0.2) is 11.6 Å². The number of hydrogen-bond donors (Lipinski definition) is 1. The second kappa shape index (κ2) is 9.71. The van der Waals surface area contributed by atoms with Crippen molar-refractivity contribution >= 4 is 11.6 Å². The van der Waals surface area contributed by atoms with Crippen LogP contribution in [0.1, 0.15) is 23.4 Å². The molecule has 7 heteroatoms. The van der Waals surface area contributed by atoms with E-state index in [0.717, 1.165) is 69.5 Å². The molecule has 0 unspecified atom stereocenters. The Balaban J connectivity index is 1.21. The van der Waals surface area contributed by atoms with Crippen molar-refractivity contribution in [3.8, 4) is 0 Å². The Morgan fingerprint density at radius 3 is 2.73 bits per heavy atom. The van der Waals surface area contributed by atoms with Gasteiger partial charge in [-0.3, -0.25) is 14.3 Å². The van der Waals surface area contributed by atoms with Gasteiger partial charge in [-0.05, 0) is 31.0 Å². The van der Waals surface area contributed by atoms with E-state index < -0.39 is 0 Å². The summed E-state index contributed by atoms with van der Waals surface area (Å²) in [7, 11) is 1.87. The zero-order valence-electron chi connectivity index (χ0n) is 18.0. The van der Waals surface area contributed by atoms with Gasteiger partial charge in [-0.2, -0.15) is 0 Å². The van der Waals surface area contributed by atoms with Crippen LogP contribution >= 0.6 is 0 Å². The lowest BCUT2D eigenvalue weighted by molar-refractivity contribution is 0.172. The van der Waals surface area contributed by atoms with Gasteiger partial charge >= 0.3 is 0 Å². The van der Waals surface area contributed by atoms with Crippen LogP contribution in [-0.4, -0.2) is 70.1 Å². The first-order valence-corrected chi connectivity index (χ1v) is 10.7. The van der Waals surface area contributed by atoms with Crippen molar-refractivity contribution in [3.63, 3.8) is 0 Å². The Hall–Kier alpha value is -2.93. The number of benzene rings is 1. The van der Waals surface area contributed by atoms with E-state index in [1.165, 1.54) is 11.1 Å². The van der Waals surface area contributed by atoms with Crippen molar-refractivity contribution in [3.05, 3.63) is 65.6 Å². The molecular weight excluding hydrogens is 374 g/mol. The fourth-order valence-corrected chi connectivity index (χ4v) is 4.03. The zero-order chi connectivity index (χ0) is 20.8.